The Balaban J connectivity index is 1.74. The molecule has 0 saturated heterocycles. The monoisotopic (exact) mass is 325 g/mol. The number of hydrogen-bond acceptors (Lipinski definition) is 4. The molecule has 124 valence electrons. The Kier molecular flexibility index (Phi) is 4.34. The van der Waals surface area contributed by atoms with Gasteiger partial charge in [0.1, 0.15) is 5.82 Å². The van der Waals surface area contributed by atoms with Gasteiger partial charge in [-0.05, 0) is 41.3 Å². The average Bonchev–Trinajstić information content (AvgIpc) is 3.02. The van der Waals surface area contributed by atoms with E-state index in [0.717, 1.165) is 5.69 Å². The van der Waals surface area contributed by atoms with Crippen molar-refractivity contribution in [3.63, 3.8) is 0 Å². The van der Waals surface area contributed by atoms with E-state index in [1.54, 1.807) is 12.1 Å². The van der Waals surface area contributed by atoms with E-state index in [1.807, 2.05) is 18.2 Å². The molecule has 1 heterocycles. The average molecular weight is 325 g/mol. The highest BCUT2D eigenvalue weighted by Crippen LogP contribution is 2.29. The number of anilines is 1. The lowest BCUT2D eigenvalue weighted by molar-refractivity contribution is 0.514. The molecule has 0 bridgehead atoms. The third-order valence-electron chi connectivity index (χ3n) is 3.72. The number of nitrogens with zero attached hydrogens (tertiary/aromatic N) is 2. The van der Waals surface area contributed by atoms with Crippen LogP contribution in [0.4, 0.5) is 10.1 Å². The van der Waals surface area contributed by atoms with Crippen molar-refractivity contribution >= 4 is 5.69 Å². The number of para-hydroxylation sites is 1. The summed E-state index contributed by atoms with van der Waals surface area (Å²) in [6.45, 7) is 6.95. The van der Waals surface area contributed by atoms with E-state index >= 15 is 0 Å². The van der Waals surface area contributed by atoms with Gasteiger partial charge in [-0.2, -0.15) is 0 Å². The van der Waals surface area contributed by atoms with Gasteiger partial charge in [-0.25, -0.2) is 4.39 Å². The van der Waals surface area contributed by atoms with Crippen molar-refractivity contribution in [1.82, 2.24) is 10.2 Å². The van der Waals surface area contributed by atoms with Gasteiger partial charge >= 0.3 is 0 Å². The van der Waals surface area contributed by atoms with Crippen LogP contribution >= 0.6 is 0 Å². The number of aromatic nitrogens is 2. The first-order valence-corrected chi connectivity index (χ1v) is 7.85. The molecule has 4 nitrogen and oxygen atoms in total. The first kappa shape index (κ1) is 16.2. The van der Waals surface area contributed by atoms with Gasteiger partial charge in [0.05, 0.1) is 6.54 Å². The molecule has 0 aliphatic rings. The largest absolute Gasteiger partial charge is 0.419 e. The molecular weight excluding hydrogens is 305 g/mol. The minimum Gasteiger partial charge on any atom is -0.419 e. The summed E-state index contributed by atoms with van der Waals surface area (Å²) >= 11 is 0. The van der Waals surface area contributed by atoms with E-state index in [-0.39, 0.29) is 11.2 Å². The molecule has 0 aliphatic heterocycles. The summed E-state index contributed by atoms with van der Waals surface area (Å²) in [5, 5.41) is 11.4. The first-order chi connectivity index (χ1) is 11.4. The lowest BCUT2D eigenvalue weighted by Gasteiger charge is -2.23. The van der Waals surface area contributed by atoms with Crippen LogP contribution in [0.25, 0.3) is 11.5 Å². The van der Waals surface area contributed by atoms with Gasteiger partial charge in [-0.1, -0.05) is 39.0 Å². The summed E-state index contributed by atoms with van der Waals surface area (Å²) in [5.41, 5.74) is 3.01. The highest BCUT2D eigenvalue weighted by molar-refractivity contribution is 5.54. The highest BCUT2D eigenvalue weighted by atomic mass is 19.1. The summed E-state index contributed by atoms with van der Waals surface area (Å²) in [7, 11) is 0. The Morgan fingerprint density at radius 2 is 1.71 bits per heavy atom. The van der Waals surface area contributed by atoms with Crippen LogP contribution < -0.4 is 5.32 Å². The van der Waals surface area contributed by atoms with Gasteiger partial charge in [-0.3, -0.25) is 0 Å². The third-order valence-corrected chi connectivity index (χ3v) is 3.72. The van der Waals surface area contributed by atoms with Crippen LogP contribution in [0, 0.1) is 5.82 Å². The van der Waals surface area contributed by atoms with Crippen LogP contribution in [-0.4, -0.2) is 10.2 Å². The van der Waals surface area contributed by atoms with Gasteiger partial charge in [0.15, 0.2) is 0 Å². The maximum Gasteiger partial charge on any atom is 0.247 e. The third kappa shape index (κ3) is 3.62. The van der Waals surface area contributed by atoms with Gasteiger partial charge in [0, 0.05) is 11.3 Å². The van der Waals surface area contributed by atoms with E-state index in [0.29, 0.717) is 23.9 Å². The summed E-state index contributed by atoms with van der Waals surface area (Å²) in [5.74, 6) is 0.577. The summed E-state index contributed by atoms with van der Waals surface area (Å²) < 4.78 is 18.6. The minimum atomic E-state index is -0.293. The molecule has 3 aromatic rings. The van der Waals surface area contributed by atoms with Crippen LogP contribution in [0.5, 0.6) is 0 Å². The minimum absolute atomic E-state index is 0.0394. The lowest BCUT2D eigenvalue weighted by Crippen LogP contribution is -2.14. The van der Waals surface area contributed by atoms with Gasteiger partial charge < -0.3 is 9.73 Å². The van der Waals surface area contributed by atoms with E-state index in [2.05, 4.69) is 42.4 Å². The van der Waals surface area contributed by atoms with Crippen molar-refractivity contribution in [2.24, 2.45) is 0 Å². The number of benzene rings is 2. The number of rotatable bonds is 4. The van der Waals surface area contributed by atoms with Crippen molar-refractivity contribution in [2.75, 3.05) is 5.32 Å². The molecule has 24 heavy (non-hydrogen) atoms. The zero-order valence-corrected chi connectivity index (χ0v) is 14.0. The van der Waals surface area contributed by atoms with Crippen molar-refractivity contribution in [2.45, 2.75) is 32.7 Å². The Labute approximate surface area is 140 Å². The van der Waals surface area contributed by atoms with Crippen LogP contribution in [0.1, 0.15) is 32.2 Å². The molecule has 0 fully saturated rings. The zero-order valence-electron chi connectivity index (χ0n) is 14.0. The molecule has 0 unspecified atom stereocenters. The molecule has 2 aromatic carbocycles. The van der Waals surface area contributed by atoms with Crippen LogP contribution in [0.2, 0.25) is 0 Å². The normalized spacial score (nSPS) is 11.5. The quantitative estimate of drug-likeness (QED) is 0.749. The van der Waals surface area contributed by atoms with E-state index in [4.69, 9.17) is 4.42 Å². The fraction of sp³-hybridized carbons (Fsp3) is 0.263. The molecule has 0 aliphatic carbocycles. The molecular formula is C19H20FN3O. The van der Waals surface area contributed by atoms with E-state index in [1.165, 1.54) is 17.7 Å². The Morgan fingerprint density at radius 3 is 2.42 bits per heavy atom. The number of hydrogen-bond donors (Lipinski definition) is 1. The standard InChI is InChI=1S/C19H20FN3O/c1-19(2,3)15-6-4-5-7-16(15)21-12-17-22-23-18(24-17)13-8-10-14(20)11-9-13/h4-11,21H,12H2,1-3H3. The van der Waals surface area contributed by atoms with E-state index in [9.17, 15) is 4.39 Å². The van der Waals surface area contributed by atoms with Crippen molar-refractivity contribution in [3.8, 4) is 11.5 Å². The predicted molar refractivity (Wildman–Crippen MR) is 92.2 cm³/mol. The van der Waals surface area contributed by atoms with Gasteiger partial charge in [0.25, 0.3) is 0 Å². The van der Waals surface area contributed by atoms with Crippen LogP contribution in [0.15, 0.2) is 52.9 Å². The topological polar surface area (TPSA) is 51.0 Å². The second-order valence-corrected chi connectivity index (χ2v) is 6.66. The summed E-state index contributed by atoms with van der Waals surface area (Å²) in [4.78, 5) is 0. The Morgan fingerprint density at radius 1 is 1.00 bits per heavy atom. The summed E-state index contributed by atoms with van der Waals surface area (Å²) in [6, 6.07) is 14.2. The smallest absolute Gasteiger partial charge is 0.247 e. The maximum absolute atomic E-state index is 13.0. The molecule has 0 spiro atoms. The fourth-order valence-corrected chi connectivity index (χ4v) is 2.50. The van der Waals surface area contributed by atoms with Crippen molar-refractivity contribution in [1.29, 1.82) is 0 Å². The number of nitrogens with one attached hydrogen (secondary N) is 1. The second-order valence-electron chi connectivity index (χ2n) is 6.66. The zero-order chi connectivity index (χ0) is 17.2. The molecule has 5 heteroatoms. The van der Waals surface area contributed by atoms with Crippen LogP contribution in [-0.2, 0) is 12.0 Å². The molecule has 0 amide bonds. The van der Waals surface area contributed by atoms with Crippen LogP contribution in [0.3, 0.4) is 0 Å². The Bertz CT molecular complexity index is 819. The molecule has 0 radical (unpaired) electrons. The highest BCUT2D eigenvalue weighted by Gasteiger charge is 2.17. The maximum atomic E-state index is 13.0. The molecule has 1 N–H and O–H groups in total. The van der Waals surface area contributed by atoms with Gasteiger partial charge in [-0.15, -0.1) is 10.2 Å². The fourth-order valence-electron chi connectivity index (χ4n) is 2.50. The predicted octanol–water partition coefficient (Wildman–Crippen LogP) is 4.79. The van der Waals surface area contributed by atoms with Crippen molar-refractivity contribution < 1.29 is 8.81 Å². The lowest BCUT2D eigenvalue weighted by atomic mass is 9.86. The van der Waals surface area contributed by atoms with Gasteiger partial charge in [0.2, 0.25) is 11.8 Å². The molecule has 0 atom stereocenters. The van der Waals surface area contributed by atoms with E-state index < -0.39 is 0 Å². The van der Waals surface area contributed by atoms with Crippen molar-refractivity contribution in [3.05, 3.63) is 65.8 Å². The molecule has 1 aromatic heterocycles. The second kappa shape index (κ2) is 6.43. The SMILES string of the molecule is CC(C)(C)c1ccccc1NCc1nnc(-c2ccc(F)cc2)o1. The first-order valence-electron chi connectivity index (χ1n) is 7.85. The number of halogens is 1. The summed E-state index contributed by atoms with van der Waals surface area (Å²) in [6.07, 6.45) is 0. The Hall–Kier alpha value is -2.69. The molecule has 3 rings (SSSR count). The molecule has 0 saturated carbocycles.